The van der Waals surface area contributed by atoms with E-state index >= 15 is 0 Å². The average molecular weight is 347 g/mol. The van der Waals surface area contributed by atoms with Gasteiger partial charge in [-0.05, 0) is 31.7 Å². The lowest BCUT2D eigenvalue weighted by Gasteiger charge is -2.26. The van der Waals surface area contributed by atoms with Crippen molar-refractivity contribution in [3.05, 3.63) is 29.8 Å². The molecule has 0 unspecified atom stereocenters. The smallest absolute Gasteiger partial charge is 0.315 e. The minimum Gasteiger partial charge on any atom is -0.490 e. The highest BCUT2D eigenvalue weighted by Crippen LogP contribution is 2.26. The normalized spacial score (nSPS) is 18.9. The number of carbonyl (C=O) groups is 1. The van der Waals surface area contributed by atoms with Gasteiger partial charge in [-0.15, -0.1) is 0 Å². The molecule has 2 fully saturated rings. The summed E-state index contributed by atoms with van der Waals surface area (Å²) in [6.45, 7) is 5.43. The van der Waals surface area contributed by atoms with Crippen LogP contribution in [0.5, 0.6) is 5.75 Å². The Morgan fingerprint density at radius 2 is 1.92 bits per heavy atom. The van der Waals surface area contributed by atoms with E-state index in [0.29, 0.717) is 19.2 Å². The van der Waals surface area contributed by atoms with Gasteiger partial charge in [-0.3, -0.25) is 4.90 Å². The lowest BCUT2D eigenvalue weighted by Crippen LogP contribution is -2.43. The first-order valence-corrected chi connectivity index (χ1v) is 9.37. The predicted molar refractivity (Wildman–Crippen MR) is 96.8 cm³/mol. The second kappa shape index (κ2) is 9.63. The van der Waals surface area contributed by atoms with E-state index in [2.05, 4.69) is 15.5 Å². The van der Waals surface area contributed by atoms with Gasteiger partial charge >= 0.3 is 6.03 Å². The molecule has 1 aliphatic heterocycles. The van der Waals surface area contributed by atoms with E-state index in [1.54, 1.807) is 0 Å². The molecule has 1 aliphatic carbocycles. The van der Waals surface area contributed by atoms with Crippen molar-refractivity contribution in [3.8, 4) is 5.75 Å². The summed E-state index contributed by atoms with van der Waals surface area (Å²) in [5.74, 6) is 0.892. The molecule has 0 radical (unpaired) electrons. The maximum Gasteiger partial charge on any atom is 0.315 e. The Morgan fingerprint density at radius 1 is 1.16 bits per heavy atom. The van der Waals surface area contributed by atoms with Gasteiger partial charge in [-0.25, -0.2) is 4.79 Å². The minimum atomic E-state index is -0.135. The number of urea groups is 1. The van der Waals surface area contributed by atoms with Gasteiger partial charge in [0.25, 0.3) is 0 Å². The fourth-order valence-electron chi connectivity index (χ4n) is 3.34. The van der Waals surface area contributed by atoms with Crippen LogP contribution >= 0.6 is 0 Å². The van der Waals surface area contributed by atoms with Gasteiger partial charge in [-0.1, -0.05) is 18.2 Å². The zero-order valence-electron chi connectivity index (χ0n) is 14.8. The van der Waals surface area contributed by atoms with Crippen molar-refractivity contribution in [2.75, 3.05) is 39.4 Å². The standard InChI is InChI=1S/C19H29N3O3/c23-19(20-9-10-22-11-13-24-14-12-22)21-15-16-5-1-4-8-18(16)25-17-6-2-3-7-17/h1,4-5,8,17H,2-3,6-7,9-15H2,(H2,20,21,23). The Balaban J connectivity index is 1.39. The summed E-state index contributed by atoms with van der Waals surface area (Å²) in [5.41, 5.74) is 1.03. The fourth-order valence-corrected chi connectivity index (χ4v) is 3.34. The number of ether oxygens (including phenoxy) is 2. The van der Waals surface area contributed by atoms with Gasteiger partial charge in [-0.2, -0.15) is 0 Å². The van der Waals surface area contributed by atoms with E-state index in [4.69, 9.17) is 9.47 Å². The van der Waals surface area contributed by atoms with Crippen LogP contribution in [0.1, 0.15) is 31.2 Å². The van der Waals surface area contributed by atoms with Crippen LogP contribution in [0.15, 0.2) is 24.3 Å². The third kappa shape index (κ3) is 5.90. The Morgan fingerprint density at radius 3 is 2.72 bits per heavy atom. The van der Waals surface area contributed by atoms with Gasteiger partial charge in [0.2, 0.25) is 0 Å². The van der Waals surface area contributed by atoms with Crippen molar-refractivity contribution in [3.63, 3.8) is 0 Å². The number of hydrogen-bond donors (Lipinski definition) is 2. The quantitative estimate of drug-likeness (QED) is 0.793. The molecular formula is C19H29N3O3. The maximum absolute atomic E-state index is 12.0. The van der Waals surface area contributed by atoms with Crippen LogP contribution < -0.4 is 15.4 Å². The molecule has 0 atom stereocenters. The van der Waals surface area contributed by atoms with Crippen LogP contribution in [0.4, 0.5) is 4.79 Å². The summed E-state index contributed by atoms with van der Waals surface area (Å²) >= 11 is 0. The molecule has 1 aromatic carbocycles. The summed E-state index contributed by atoms with van der Waals surface area (Å²) in [6, 6.07) is 7.83. The van der Waals surface area contributed by atoms with Gasteiger partial charge in [0.1, 0.15) is 5.75 Å². The SMILES string of the molecule is O=C(NCCN1CCOCC1)NCc1ccccc1OC1CCCC1. The monoisotopic (exact) mass is 347 g/mol. The van der Waals surface area contributed by atoms with Crippen LogP contribution in [0.25, 0.3) is 0 Å². The second-order valence-electron chi connectivity index (χ2n) is 6.70. The summed E-state index contributed by atoms with van der Waals surface area (Å²) < 4.78 is 11.4. The van der Waals surface area contributed by atoms with Crippen molar-refractivity contribution < 1.29 is 14.3 Å². The van der Waals surface area contributed by atoms with Gasteiger partial charge in [0.05, 0.1) is 19.3 Å². The molecule has 6 nitrogen and oxygen atoms in total. The predicted octanol–water partition coefficient (Wildman–Crippen LogP) is 2.14. The third-order valence-corrected chi connectivity index (χ3v) is 4.83. The largest absolute Gasteiger partial charge is 0.490 e. The molecule has 0 aromatic heterocycles. The van der Waals surface area contributed by atoms with Crippen LogP contribution in [0.2, 0.25) is 0 Å². The first-order valence-electron chi connectivity index (χ1n) is 9.37. The topological polar surface area (TPSA) is 62.8 Å². The minimum absolute atomic E-state index is 0.135. The van der Waals surface area contributed by atoms with Gasteiger partial charge < -0.3 is 20.1 Å². The van der Waals surface area contributed by atoms with Crippen LogP contribution in [-0.4, -0.2) is 56.4 Å². The van der Waals surface area contributed by atoms with Crippen molar-refractivity contribution in [1.82, 2.24) is 15.5 Å². The van der Waals surface area contributed by atoms with E-state index < -0.39 is 0 Å². The van der Waals surface area contributed by atoms with E-state index in [9.17, 15) is 4.79 Å². The van der Waals surface area contributed by atoms with E-state index in [1.165, 1.54) is 12.8 Å². The van der Waals surface area contributed by atoms with Crippen molar-refractivity contribution in [2.24, 2.45) is 0 Å². The van der Waals surface area contributed by atoms with Crippen LogP contribution in [0.3, 0.4) is 0 Å². The first-order chi connectivity index (χ1) is 12.3. The number of hydrogen-bond acceptors (Lipinski definition) is 4. The highest BCUT2D eigenvalue weighted by molar-refractivity contribution is 5.73. The van der Waals surface area contributed by atoms with Gasteiger partial charge in [0.15, 0.2) is 0 Å². The number of amides is 2. The molecule has 2 aliphatic rings. The van der Waals surface area contributed by atoms with Crippen molar-refractivity contribution in [1.29, 1.82) is 0 Å². The Bertz CT molecular complexity index is 540. The number of nitrogens with one attached hydrogen (secondary N) is 2. The highest BCUT2D eigenvalue weighted by Gasteiger charge is 2.18. The Hall–Kier alpha value is -1.79. The lowest BCUT2D eigenvalue weighted by atomic mass is 10.2. The number of carbonyl (C=O) groups excluding carboxylic acids is 1. The molecule has 2 N–H and O–H groups in total. The van der Waals surface area contributed by atoms with E-state index in [1.807, 2.05) is 24.3 Å². The average Bonchev–Trinajstić information content (AvgIpc) is 3.15. The second-order valence-corrected chi connectivity index (χ2v) is 6.70. The lowest BCUT2D eigenvalue weighted by molar-refractivity contribution is 0.0387. The molecule has 138 valence electrons. The summed E-state index contributed by atoms with van der Waals surface area (Å²) in [5, 5.41) is 5.85. The molecule has 25 heavy (non-hydrogen) atoms. The Labute approximate surface area is 149 Å². The van der Waals surface area contributed by atoms with Crippen LogP contribution in [0, 0.1) is 0 Å². The maximum atomic E-state index is 12.0. The summed E-state index contributed by atoms with van der Waals surface area (Å²) in [7, 11) is 0. The number of benzene rings is 1. The molecule has 1 saturated heterocycles. The molecule has 6 heteroatoms. The number of morpholine rings is 1. The number of rotatable bonds is 7. The molecular weight excluding hydrogens is 318 g/mol. The number of nitrogens with zero attached hydrogens (tertiary/aromatic N) is 1. The van der Waals surface area contributed by atoms with Crippen molar-refractivity contribution >= 4 is 6.03 Å². The molecule has 3 rings (SSSR count). The summed E-state index contributed by atoms with van der Waals surface area (Å²) in [6.07, 6.45) is 5.07. The van der Waals surface area contributed by atoms with Crippen LogP contribution in [-0.2, 0) is 11.3 Å². The zero-order chi connectivity index (χ0) is 17.3. The molecule has 0 spiro atoms. The zero-order valence-corrected chi connectivity index (χ0v) is 14.8. The van der Waals surface area contributed by atoms with E-state index in [0.717, 1.165) is 57.0 Å². The Kier molecular flexibility index (Phi) is 6.94. The summed E-state index contributed by atoms with van der Waals surface area (Å²) in [4.78, 5) is 14.3. The molecule has 1 saturated carbocycles. The molecule has 1 aromatic rings. The van der Waals surface area contributed by atoms with E-state index in [-0.39, 0.29) is 6.03 Å². The molecule has 0 bridgehead atoms. The highest BCUT2D eigenvalue weighted by atomic mass is 16.5. The fraction of sp³-hybridized carbons (Fsp3) is 0.632. The van der Waals surface area contributed by atoms with Gasteiger partial charge in [0, 0.05) is 38.3 Å². The molecule has 1 heterocycles. The molecule has 2 amide bonds. The number of para-hydroxylation sites is 1. The third-order valence-electron chi connectivity index (χ3n) is 4.83. The first kappa shape index (κ1) is 18.0. The van der Waals surface area contributed by atoms with Crippen molar-refractivity contribution in [2.45, 2.75) is 38.3 Å².